The van der Waals surface area contributed by atoms with Crippen LogP contribution in [0.25, 0.3) is 11.1 Å². The molecular weight excluding hydrogens is 516 g/mol. The molecular formula is C34H34N2O5. The minimum atomic E-state index is -0.923. The van der Waals surface area contributed by atoms with Crippen LogP contribution >= 0.6 is 0 Å². The van der Waals surface area contributed by atoms with Gasteiger partial charge in [-0.05, 0) is 78.4 Å². The molecule has 1 atom stereocenters. The largest absolute Gasteiger partial charge is 0.489 e. The maximum absolute atomic E-state index is 13.1. The van der Waals surface area contributed by atoms with Crippen LogP contribution in [0.5, 0.6) is 5.75 Å². The zero-order valence-electron chi connectivity index (χ0n) is 23.5. The van der Waals surface area contributed by atoms with Gasteiger partial charge in [0.25, 0.3) is 0 Å². The van der Waals surface area contributed by atoms with Gasteiger partial charge in [0.15, 0.2) is 0 Å². The fourth-order valence-electron chi connectivity index (χ4n) is 4.95. The molecule has 0 aliphatic heterocycles. The molecule has 0 spiro atoms. The molecule has 3 aromatic carbocycles. The first kappa shape index (κ1) is 27.9. The Labute approximate surface area is 240 Å². The average molecular weight is 551 g/mol. The van der Waals surface area contributed by atoms with E-state index in [1.807, 2.05) is 60.7 Å². The van der Waals surface area contributed by atoms with Gasteiger partial charge in [0.1, 0.15) is 30.6 Å². The summed E-state index contributed by atoms with van der Waals surface area (Å²) >= 11 is 0. The number of nitrogens with zero attached hydrogens (tertiary/aromatic N) is 1. The van der Waals surface area contributed by atoms with Crippen molar-refractivity contribution in [2.24, 2.45) is 0 Å². The molecule has 1 aliphatic carbocycles. The van der Waals surface area contributed by atoms with Crippen LogP contribution < -0.4 is 10.1 Å². The molecule has 0 unspecified atom stereocenters. The van der Waals surface area contributed by atoms with Crippen LogP contribution in [0.3, 0.4) is 0 Å². The number of carbonyl (C=O) groups excluding carboxylic acids is 2. The lowest BCUT2D eigenvalue weighted by Crippen LogP contribution is -2.46. The Morgan fingerprint density at radius 3 is 2.05 bits per heavy atom. The van der Waals surface area contributed by atoms with Crippen LogP contribution in [0.15, 0.2) is 97.3 Å². The molecule has 41 heavy (non-hydrogen) atoms. The molecule has 4 aromatic rings. The number of ether oxygens (including phenoxy) is 3. The summed E-state index contributed by atoms with van der Waals surface area (Å²) in [7, 11) is 0. The van der Waals surface area contributed by atoms with E-state index in [1.54, 1.807) is 33.2 Å². The van der Waals surface area contributed by atoms with E-state index in [2.05, 4.69) is 34.6 Å². The molecule has 7 nitrogen and oxygen atoms in total. The quantitative estimate of drug-likeness (QED) is 0.241. The Morgan fingerprint density at radius 2 is 1.44 bits per heavy atom. The number of aromatic nitrogens is 1. The van der Waals surface area contributed by atoms with E-state index in [0.717, 1.165) is 33.4 Å². The molecule has 5 rings (SSSR count). The van der Waals surface area contributed by atoms with Crippen molar-refractivity contribution in [2.45, 2.75) is 51.4 Å². The van der Waals surface area contributed by atoms with Crippen molar-refractivity contribution in [3.63, 3.8) is 0 Å². The number of hydrogen-bond donors (Lipinski definition) is 1. The van der Waals surface area contributed by atoms with Gasteiger partial charge in [0.2, 0.25) is 0 Å². The molecule has 1 N–H and O–H groups in total. The normalized spacial score (nSPS) is 13.0. The van der Waals surface area contributed by atoms with Crippen LogP contribution in [0, 0.1) is 0 Å². The minimum Gasteiger partial charge on any atom is -0.489 e. The summed E-state index contributed by atoms with van der Waals surface area (Å²) in [6, 6.07) is 26.6. The minimum absolute atomic E-state index is 0.0761. The number of esters is 1. The van der Waals surface area contributed by atoms with Crippen molar-refractivity contribution in [3.05, 3.63) is 120 Å². The molecule has 1 aliphatic rings. The first-order valence-electron chi connectivity index (χ1n) is 13.7. The Hall–Kier alpha value is -4.65. The summed E-state index contributed by atoms with van der Waals surface area (Å²) in [6.45, 7) is 5.97. The third kappa shape index (κ3) is 7.11. The molecule has 0 radical (unpaired) electrons. The van der Waals surface area contributed by atoms with E-state index in [4.69, 9.17) is 14.2 Å². The second kappa shape index (κ2) is 12.3. The zero-order valence-corrected chi connectivity index (χ0v) is 23.5. The second-order valence-electron chi connectivity index (χ2n) is 11.0. The number of carbonyl (C=O) groups is 2. The van der Waals surface area contributed by atoms with Gasteiger partial charge < -0.3 is 19.5 Å². The molecule has 7 heteroatoms. The number of pyridine rings is 1. The highest BCUT2D eigenvalue weighted by Crippen LogP contribution is 2.44. The van der Waals surface area contributed by atoms with E-state index in [9.17, 15) is 9.59 Å². The Balaban J connectivity index is 1.23. The second-order valence-corrected chi connectivity index (χ2v) is 11.0. The summed E-state index contributed by atoms with van der Waals surface area (Å²) < 4.78 is 17.2. The first-order chi connectivity index (χ1) is 19.8. The fourth-order valence-corrected chi connectivity index (χ4v) is 4.95. The average Bonchev–Trinajstić information content (AvgIpc) is 3.28. The van der Waals surface area contributed by atoms with Crippen molar-refractivity contribution >= 4 is 12.1 Å². The molecule has 0 fully saturated rings. The summed E-state index contributed by atoms with van der Waals surface area (Å²) in [5.74, 6) is 0.0979. The van der Waals surface area contributed by atoms with E-state index in [0.29, 0.717) is 12.4 Å². The van der Waals surface area contributed by atoms with Gasteiger partial charge in [-0.25, -0.2) is 9.59 Å². The highest BCUT2D eigenvalue weighted by atomic mass is 16.6. The standard InChI is InChI=1S/C34H34N2O5/c1-34(2,3)41-32(37)31(20-23-12-14-25(15-13-23)39-21-24-16-18-35-19-17-24)36-33(38)40-22-30-28-10-6-4-8-26(28)27-9-5-7-11-29(27)30/h4-19,30-31H,20-22H2,1-3H3,(H,36,38)/t31-/m0/s1. The third-order valence-electron chi connectivity index (χ3n) is 6.85. The van der Waals surface area contributed by atoms with Gasteiger partial charge in [-0.15, -0.1) is 0 Å². The van der Waals surface area contributed by atoms with Crippen molar-refractivity contribution in [3.8, 4) is 16.9 Å². The number of amides is 1. The SMILES string of the molecule is CC(C)(C)OC(=O)[C@H](Cc1ccc(OCc2ccncc2)cc1)NC(=O)OCC1c2ccccc2-c2ccccc21. The van der Waals surface area contributed by atoms with E-state index in [-0.39, 0.29) is 18.9 Å². The van der Waals surface area contributed by atoms with Gasteiger partial charge in [-0.1, -0.05) is 60.7 Å². The number of rotatable bonds is 9. The summed E-state index contributed by atoms with van der Waals surface area (Å²) in [4.78, 5) is 30.1. The summed E-state index contributed by atoms with van der Waals surface area (Å²) in [6.07, 6.45) is 3.02. The van der Waals surface area contributed by atoms with E-state index >= 15 is 0 Å². The first-order valence-corrected chi connectivity index (χ1v) is 13.7. The van der Waals surface area contributed by atoms with Crippen LogP contribution in [-0.4, -0.2) is 35.3 Å². The van der Waals surface area contributed by atoms with Gasteiger partial charge in [-0.2, -0.15) is 0 Å². The number of benzene rings is 3. The predicted octanol–water partition coefficient (Wildman–Crippen LogP) is 6.45. The molecule has 210 valence electrons. The fraction of sp³-hybridized carbons (Fsp3) is 0.265. The number of nitrogens with one attached hydrogen (secondary N) is 1. The Morgan fingerprint density at radius 1 is 0.829 bits per heavy atom. The number of fused-ring (bicyclic) bond motifs is 3. The zero-order chi connectivity index (χ0) is 28.8. The lowest BCUT2D eigenvalue weighted by Gasteiger charge is -2.25. The highest BCUT2D eigenvalue weighted by Gasteiger charge is 2.31. The maximum atomic E-state index is 13.1. The summed E-state index contributed by atoms with van der Waals surface area (Å²) in [5.41, 5.74) is 5.70. The lowest BCUT2D eigenvalue weighted by molar-refractivity contribution is -0.157. The smallest absolute Gasteiger partial charge is 0.407 e. The monoisotopic (exact) mass is 550 g/mol. The van der Waals surface area contributed by atoms with Crippen molar-refractivity contribution < 1.29 is 23.8 Å². The highest BCUT2D eigenvalue weighted by molar-refractivity contribution is 5.82. The van der Waals surface area contributed by atoms with Crippen LogP contribution in [-0.2, 0) is 27.3 Å². The van der Waals surface area contributed by atoms with E-state index in [1.165, 1.54) is 0 Å². The van der Waals surface area contributed by atoms with E-state index < -0.39 is 23.7 Å². The van der Waals surface area contributed by atoms with Crippen LogP contribution in [0.1, 0.15) is 48.9 Å². The topological polar surface area (TPSA) is 86.8 Å². The molecule has 1 amide bonds. The van der Waals surface area contributed by atoms with Gasteiger partial charge >= 0.3 is 12.1 Å². The van der Waals surface area contributed by atoms with Gasteiger partial charge in [-0.3, -0.25) is 4.98 Å². The number of hydrogen-bond acceptors (Lipinski definition) is 6. The van der Waals surface area contributed by atoms with Gasteiger partial charge in [0, 0.05) is 24.7 Å². The molecule has 0 saturated carbocycles. The molecule has 1 aromatic heterocycles. The lowest BCUT2D eigenvalue weighted by atomic mass is 9.98. The van der Waals surface area contributed by atoms with Crippen LogP contribution in [0.4, 0.5) is 4.79 Å². The number of alkyl carbamates (subject to hydrolysis) is 1. The van der Waals surface area contributed by atoms with Crippen molar-refractivity contribution in [2.75, 3.05) is 6.61 Å². The molecule has 0 saturated heterocycles. The van der Waals surface area contributed by atoms with Crippen molar-refractivity contribution in [1.29, 1.82) is 0 Å². The molecule has 0 bridgehead atoms. The third-order valence-corrected chi connectivity index (χ3v) is 6.85. The predicted molar refractivity (Wildman–Crippen MR) is 157 cm³/mol. The Kier molecular flexibility index (Phi) is 8.34. The van der Waals surface area contributed by atoms with Gasteiger partial charge in [0.05, 0.1) is 0 Å². The maximum Gasteiger partial charge on any atom is 0.407 e. The van der Waals surface area contributed by atoms with Crippen molar-refractivity contribution in [1.82, 2.24) is 10.3 Å². The summed E-state index contributed by atoms with van der Waals surface area (Å²) in [5, 5.41) is 2.75. The Bertz CT molecular complexity index is 1450. The van der Waals surface area contributed by atoms with Crippen LogP contribution in [0.2, 0.25) is 0 Å². The molecule has 1 heterocycles.